The average molecular weight is 290 g/mol. The normalized spacial score (nSPS) is 12.2. The summed E-state index contributed by atoms with van der Waals surface area (Å²) in [6, 6.07) is 4.42. The van der Waals surface area contributed by atoms with E-state index in [0.29, 0.717) is 0 Å². The van der Waals surface area contributed by atoms with E-state index in [4.69, 9.17) is 28.8 Å². The fraction of sp³-hybridized carbons (Fsp3) is 0.111. The second-order valence-electron chi connectivity index (χ2n) is 3.37. The molecule has 0 aromatic heterocycles. The number of nitrogens with two attached hydrogens (primary N) is 3. The van der Waals surface area contributed by atoms with Crippen LogP contribution >= 0.6 is 11.6 Å². The predicted octanol–water partition coefficient (Wildman–Crippen LogP) is -0.0369. The second kappa shape index (κ2) is 5.23. The Hall–Kier alpha value is -1.80. The Morgan fingerprint density at radius 1 is 1.28 bits per heavy atom. The zero-order chi connectivity index (χ0) is 13.9. The van der Waals surface area contributed by atoms with Gasteiger partial charge in [-0.3, -0.25) is 0 Å². The molecule has 0 atom stereocenters. The van der Waals surface area contributed by atoms with Crippen molar-refractivity contribution in [3.63, 3.8) is 0 Å². The minimum Gasteiger partial charge on any atom is -0.370 e. The van der Waals surface area contributed by atoms with Crippen LogP contribution in [0.3, 0.4) is 0 Å². The van der Waals surface area contributed by atoms with Crippen LogP contribution in [-0.2, 0) is 9.84 Å². The molecule has 1 aromatic carbocycles. The van der Waals surface area contributed by atoms with Gasteiger partial charge in [0.2, 0.25) is 5.96 Å². The lowest BCUT2D eigenvalue weighted by Gasteiger charge is -2.05. The summed E-state index contributed by atoms with van der Waals surface area (Å²) in [5, 5.41) is 0.0521. The van der Waals surface area contributed by atoms with E-state index in [2.05, 4.69) is 9.98 Å². The van der Waals surface area contributed by atoms with Crippen LogP contribution in [0.4, 0.5) is 5.69 Å². The zero-order valence-electron chi connectivity index (χ0n) is 9.46. The molecule has 9 heteroatoms. The lowest BCUT2D eigenvalue weighted by Crippen LogP contribution is -2.26. The van der Waals surface area contributed by atoms with E-state index in [1.807, 2.05) is 0 Å². The summed E-state index contributed by atoms with van der Waals surface area (Å²) in [6.45, 7) is 0. The number of nitrogens with zero attached hydrogens (tertiary/aromatic N) is 2. The number of halogens is 1. The van der Waals surface area contributed by atoms with Crippen molar-refractivity contribution < 1.29 is 8.42 Å². The topological polar surface area (TPSA) is 137 Å². The van der Waals surface area contributed by atoms with Crippen molar-refractivity contribution in [1.29, 1.82) is 0 Å². The Bertz CT molecular complexity index is 620. The van der Waals surface area contributed by atoms with E-state index in [-0.39, 0.29) is 27.5 Å². The van der Waals surface area contributed by atoms with Gasteiger partial charge in [0.05, 0.1) is 10.7 Å². The third kappa shape index (κ3) is 3.60. The number of benzene rings is 1. The first-order chi connectivity index (χ1) is 8.21. The summed E-state index contributed by atoms with van der Waals surface area (Å²) in [5.41, 5.74) is 15.8. The highest BCUT2D eigenvalue weighted by Gasteiger charge is 2.17. The molecule has 0 aliphatic rings. The van der Waals surface area contributed by atoms with Gasteiger partial charge in [-0.05, 0) is 12.1 Å². The number of aliphatic imine (C=N–C) groups is 2. The highest BCUT2D eigenvalue weighted by Crippen LogP contribution is 2.31. The third-order valence-electron chi connectivity index (χ3n) is 1.80. The summed E-state index contributed by atoms with van der Waals surface area (Å²) in [7, 11) is -3.54. The Morgan fingerprint density at radius 3 is 2.39 bits per heavy atom. The van der Waals surface area contributed by atoms with Crippen LogP contribution in [0.5, 0.6) is 0 Å². The SMILES string of the molecule is CS(=O)(=O)c1c(Cl)cccc1N=C(N)N=C(N)N. The molecular formula is C9H12ClN5O2S. The monoisotopic (exact) mass is 289 g/mol. The predicted molar refractivity (Wildman–Crippen MR) is 71.7 cm³/mol. The molecule has 6 N–H and O–H groups in total. The Kier molecular flexibility index (Phi) is 4.15. The average Bonchev–Trinajstić information content (AvgIpc) is 2.13. The van der Waals surface area contributed by atoms with E-state index in [1.54, 1.807) is 6.07 Å². The molecule has 0 fully saturated rings. The number of hydrogen-bond donors (Lipinski definition) is 3. The van der Waals surface area contributed by atoms with Crippen LogP contribution in [0.15, 0.2) is 33.1 Å². The molecule has 0 aliphatic heterocycles. The summed E-state index contributed by atoms with van der Waals surface area (Å²) < 4.78 is 23.2. The van der Waals surface area contributed by atoms with Crippen molar-refractivity contribution in [2.24, 2.45) is 27.2 Å². The lowest BCUT2D eigenvalue weighted by molar-refractivity contribution is 0.602. The van der Waals surface area contributed by atoms with Gasteiger partial charge in [-0.15, -0.1) is 0 Å². The van der Waals surface area contributed by atoms with Crippen molar-refractivity contribution >= 4 is 39.0 Å². The number of guanidine groups is 2. The molecule has 0 unspecified atom stereocenters. The Balaban J connectivity index is 3.44. The Morgan fingerprint density at radius 2 is 1.89 bits per heavy atom. The summed E-state index contributed by atoms with van der Waals surface area (Å²) in [5.74, 6) is -0.540. The van der Waals surface area contributed by atoms with Gasteiger partial charge in [0.15, 0.2) is 15.8 Å². The molecule has 98 valence electrons. The van der Waals surface area contributed by atoms with E-state index in [9.17, 15) is 8.42 Å². The molecule has 0 spiro atoms. The van der Waals surface area contributed by atoms with Crippen LogP contribution in [0, 0.1) is 0 Å². The second-order valence-corrected chi connectivity index (χ2v) is 5.73. The van der Waals surface area contributed by atoms with E-state index < -0.39 is 9.84 Å². The molecule has 18 heavy (non-hydrogen) atoms. The molecule has 0 saturated heterocycles. The van der Waals surface area contributed by atoms with Crippen molar-refractivity contribution in [1.82, 2.24) is 0 Å². The molecule has 0 radical (unpaired) electrons. The van der Waals surface area contributed by atoms with Crippen LogP contribution in [0.25, 0.3) is 0 Å². The minimum absolute atomic E-state index is 0.0521. The van der Waals surface area contributed by atoms with Gasteiger partial charge < -0.3 is 17.2 Å². The number of hydrogen-bond acceptors (Lipinski definition) is 3. The van der Waals surface area contributed by atoms with Crippen LogP contribution in [0.2, 0.25) is 5.02 Å². The van der Waals surface area contributed by atoms with Gasteiger partial charge in [0.25, 0.3) is 0 Å². The smallest absolute Gasteiger partial charge is 0.223 e. The molecule has 7 nitrogen and oxygen atoms in total. The van der Waals surface area contributed by atoms with Crippen LogP contribution in [0.1, 0.15) is 0 Å². The quantitative estimate of drug-likeness (QED) is 0.518. The minimum atomic E-state index is -3.54. The highest BCUT2D eigenvalue weighted by molar-refractivity contribution is 7.91. The van der Waals surface area contributed by atoms with E-state index >= 15 is 0 Å². The maximum atomic E-state index is 11.6. The van der Waals surface area contributed by atoms with Crippen molar-refractivity contribution in [2.45, 2.75) is 4.90 Å². The number of rotatable bonds is 2. The van der Waals surface area contributed by atoms with Gasteiger partial charge in [-0.25, -0.2) is 13.4 Å². The first-order valence-electron chi connectivity index (χ1n) is 4.64. The maximum Gasteiger partial charge on any atom is 0.223 e. The molecule has 1 aromatic rings. The first-order valence-corrected chi connectivity index (χ1v) is 6.91. The third-order valence-corrected chi connectivity index (χ3v) is 3.39. The largest absolute Gasteiger partial charge is 0.370 e. The van der Waals surface area contributed by atoms with Crippen molar-refractivity contribution in [2.75, 3.05) is 6.26 Å². The van der Waals surface area contributed by atoms with Crippen molar-refractivity contribution in [3.8, 4) is 0 Å². The van der Waals surface area contributed by atoms with E-state index in [0.717, 1.165) is 6.26 Å². The fourth-order valence-electron chi connectivity index (χ4n) is 1.23. The first kappa shape index (κ1) is 14.3. The van der Waals surface area contributed by atoms with Crippen LogP contribution in [-0.4, -0.2) is 26.6 Å². The van der Waals surface area contributed by atoms with Gasteiger partial charge in [0, 0.05) is 6.26 Å². The van der Waals surface area contributed by atoms with Gasteiger partial charge in [-0.2, -0.15) is 4.99 Å². The Labute approximate surface area is 109 Å². The van der Waals surface area contributed by atoms with Crippen molar-refractivity contribution in [3.05, 3.63) is 23.2 Å². The molecular weight excluding hydrogens is 278 g/mol. The summed E-state index contributed by atoms with van der Waals surface area (Å²) in [4.78, 5) is 7.17. The summed E-state index contributed by atoms with van der Waals surface area (Å²) >= 11 is 5.83. The molecule has 0 aliphatic carbocycles. The summed E-state index contributed by atoms with van der Waals surface area (Å²) in [6.07, 6.45) is 1.02. The molecule has 0 heterocycles. The molecule has 1 rings (SSSR count). The van der Waals surface area contributed by atoms with Gasteiger partial charge >= 0.3 is 0 Å². The van der Waals surface area contributed by atoms with Gasteiger partial charge in [-0.1, -0.05) is 17.7 Å². The fourth-order valence-corrected chi connectivity index (χ4v) is 2.74. The number of sulfone groups is 1. The lowest BCUT2D eigenvalue weighted by atomic mass is 10.3. The van der Waals surface area contributed by atoms with Crippen LogP contribution < -0.4 is 17.2 Å². The molecule has 0 bridgehead atoms. The molecule has 0 amide bonds. The maximum absolute atomic E-state index is 11.6. The zero-order valence-corrected chi connectivity index (χ0v) is 11.0. The highest BCUT2D eigenvalue weighted by atomic mass is 35.5. The van der Waals surface area contributed by atoms with Gasteiger partial charge in [0.1, 0.15) is 4.90 Å². The van der Waals surface area contributed by atoms with E-state index in [1.165, 1.54) is 12.1 Å². The molecule has 0 saturated carbocycles. The standard InChI is InChI=1S/C9H12ClN5O2S/c1-18(16,17)7-5(10)3-2-4-6(7)14-9(13)15-8(11)12/h2-4H,1H3,(H6,11,12,13,14,15).